The van der Waals surface area contributed by atoms with E-state index in [4.69, 9.17) is 11.6 Å². The van der Waals surface area contributed by atoms with Crippen LogP contribution in [-0.4, -0.2) is 28.8 Å². The van der Waals surface area contributed by atoms with E-state index in [1.165, 1.54) is 4.68 Å². The molecule has 1 aliphatic heterocycles. The first-order valence-electron chi connectivity index (χ1n) is 9.51. The number of hydrogen-bond donors (Lipinski definition) is 1. The van der Waals surface area contributed by atoms with Gasteiger partial charge < -0.3 is 10.2 Å². The fourth-order valence-corrected chi connectivity index (χ4v) is 3.68. The van der Waals surface area contributed by atoms with E-state index in [9.17, 15) is 9.59 Å². The third-order valence-electron chi connectivity index (χ3n) is 5.05. The standard InChI is InChI=1S/C22H21ClN4O2/c23-18-7-4-8-19(11-18)25-22(29)17-9-10-26(15-17)20-12-21(28)27(24-13-20)14-16-5-2-1-3-6-16/h1-8,11-13,17H,9-10,14-15H2,(H,25,29). The highest BCUT2D eigenvalue weighted by Gasteiger charge is 2.29. The van der Waals surface area contributed by atoms with Crippen molar-refractivity contribution < 1.29 is 4.79 Å². The van der Waals surface area contributed by atoms with E-state index in [0.717, 1.165) is 17.7 Å². The van der Waals surface area contributed by atoms with Crippen LogP contribution < -0.4 is 15.8 Å². The minimum Gasteiger partial charge on any atom is -0.369 e. The number of halogens is 1. The molecular weight excluding hydrogens is 388 g/mol. The maximum atomic E-state index is 12.6. The molecule has 0 aliphatic carbocycles. The zero-order chi connectivity index (χ0) is 20.2. The predicted octanol–water partition coefficient (Wildman–Crippen LogP) is 3.41. The highest BCUT2D eigenvalue weighted by atomic mass is 35.5. The second-order valence-electron chi connectivity index (χ2n) is 7.13. The number of hydrogen-bond acceptors (Lipinski definition) is 4. The summed E-state index contributed by atoms with van der Waals surface area (Å²) in [6.45, 7) is 1.69. The third kappa shape index (κ3) is 4.66. The number of nitrogens with zero attached hydrogens (tertiary/aromatic N) is 3. The molecule has 1 unspecified atom stereocenters. The molecule has 0 bridgehead atoms. The van der Waals surface area contributed by atoms with Gasteiger partial charge in [0.15, 0.2) is 0 Å². The largest absolute Gasteiger partial charge is 0.369 e. The van der Waals surface area contributed by atoms with Gasteiger partial charge in [-0.05, 0) is 30.2 Å². The average Bonchev–Trinajstić information content (AvgIpc) is 3.21. The molecule has 2 heterocycles. The van der Waals surface area contributed by atoms with Crippen molar-refractivity contribution in [1.82, 2.24) is 9.78 Å². The second-order valence-corrected chi connectivity index (χ2v) is 7.56. The molecule has 148 valence electrons. The van der Waals surface area contributed by atoms with Gasteiger partial charge in [0.2, 0.25) is 5.91 Å². The Labute approximate surface area is 173 Å². The lowest BCUT2D eigenvalue weighted by Crippen LogP contribution is -2.29. The lowest BCUT2D eigenvalue weighted by atomic mass is 10.1. The quantitative estimate of drug-likeness (QED) is 0.702. The monoisotopic (exact) mass is 408 g/mol. The summed E-state index contributed by atoms with van der Waals surface area (Å²) in [5, 5.41) is 7.81. The minimum atomic E-state index is -0.154. The first-order valence-corrected chi connectivity index (χ1v) is 9.89. The van der Waals surface area contributed by atoms with Crippen molar-refractivity contribution in [3.05, 3.63) is 87.8 Å². The molecule has 1 amide bonds. The van der Waals surface area contributed by atoms with E-state index < -0.39 is 0 Å². The van der Waals surface area contributed by atoms with Crippen molar-refractivity contribution in [2.24, 2.45) is 5.92 Å². The number of amides is 1. The molecule has 1 aliphatic rings. The molecule has 7 heteroatoms. The van der Waals surface area contributed by atoms with Crippen LogP contribution in [-0.2, 0) is 11.3 Å². The number of nitrogens with one attached hydrogen (secondary N) is 1. The van der Waals surface area contributed by atoms with Gasteiger partial charge in [0.05, 0.1) is 24.3 Å². The van der Waals surface area contributed by atoms with E-state index >= 15 is 0 Å². The summed E-state index contributed by atoms with van der Waals surface area (Å²) in [5.41, 5.74) is 2.30. The molecule has 0 saturated carbocycles. The SMILES string of the molecule is O=C(Nc1cccc(Cl)c1)C1CCN(c2cnn(Cc3ccccc3)c(=O)c2)C1. The topological polar surface area (TPSA) is 67.2 Å². The number of anilines is 2. The van der Waals surface area contributed by atoms with Gasteiger partial charge in [-0.2, -0.15) is 5.10 Å². The normalized spacial score (nSPS) is 16.0. The summed E-state index contributed by atoms with van der Waals surface area (Å²) in [6.07, 6.45) is 2.42. The van der Waals surface area contributed by atoms with E-state index in [0.29, 0.717) is 30.3 Å². The van der Waals surface area contributed by atoms with Crippen LogP contribution in [0.4, 0.5) is 11.4 Å². The Morgan fingerprint density at radius 2 is 1.97 bits per heavy atom. The lowest BCUT2D eigenvalue weighted by Gasteiger charge is -2.18. The van der Waals surface area contributed by atoms with Crippen LogP contribution in [0.25, 0.3) is 0 Å². The van der Waals surface area contributed by atoms with Gasteiger partial charge in [0.1, 0.15) is 0 Å². The fourth-order valence-electron chi connectivity index (χ4n) is 3.49. The highest BCUT2D eigenvalue weighted by molar-refractivity contribution is 6.30. The van der Waals surface area contributed by atoms with Crippen LogP contribution >= 0.6 is 11.6 Å². The molecule has 29 heavy (non-hydrogen) atoms. The summed E-state index contributed by atoms with van der Waals surface area (Å²) in [4.78, 5) is 27.1. The molecule has 1 N–H and O–H groups in total. The van der Waals surface area contributed by atoms with Crippen molar-refractivity contribution >= 4 is 28.9 Å². The van der Waals surface area contributed by atoms with Crippen LogP contribution in [0.3, 0.4) is 0 Å². The Balaban J connectivity index is 1.40. The van der Waals surface area contributed by atoms with Crippen LogP contribution in [0.15, 0.2) is 71.7 Å². The molecule has 1 saturated heterocycles. The summed E-state index contributed by atoms with van der Waals surface area (Å²) < 4.78 is 1.44. The number of benzene rings is 2. The van der Waals surface area contributed by atoms with E-state index in [1.54, 1.807) is 30.5 Å². The zero-order valence-corrected chi connectivity index (χ0v) is 16.5. The summed E-state index contributed by atoms with van der Waals surface area (Å²) in [5.74, 6) is -0.194. The maximum Gasteiger partial charge on any atom is 0.269 e. The Morgan fingerprint density at radius 3 is 2.72 bits per heavy atom. The van der Waals surface area contributed by atoms with Crippen molar-refractivity contribution in [2.45, 2.75) is 13.0 Å². The van der Waals surface area contributed by atoms with Gasteiger partial charge in [0, 0.05) is 29.9 Å². The third-order valence-corrected chi connectivity index (χ3v) is 5.28. The molecule has 0 spiro atoms. The number of carbonyl (C=O) groups is 1. The smallest absolute Gasteiger partial charge is 0.269 e. The van der Waals surface area contributed by atoms with Gasteiger partial charge in [-0.25, -0.2) is 4.68 Å². The van der Waals surface area contributed by atoms with Gasteiger partial charge in [-0.3, -0.25) is 9.59 Å². The van der Waals surface area contributed by atoms with Crippen LogP contribution in [0.2, 0.25) is 5.02 Å². The van der Waals surface area contributed by atoms with Crippen molar-refractivity contribution in [3.63, 3.8) is 0 Å². The van der Waals surface area contributed by atoms with E-state index in [-0.39, 0.29) is 17.4 Å². The Morgan fingerprint density at radius 1 is 1.14 bits per heavy atom. The van der Waals surface area contributed by atoms with Gasteiger partial charge in [-0.1, -0.05) is 48.0 Å². The minimum absolute atomic E-state index is 0.0415. The molecule has 4 rings (SSSR count). The Hall–Kier alpha value is -3.12. The van der Waals surface area contributed by atoms with Crippen molar-refractivity contribution in [2.75, 3.05) is 23.3 Å². The van der Waals surface area contributed by atoms with Gasteiger partial charge in [-0.15, -0.1) is 0 Å². The zero-order valence-electron chi connectivity index (χ0n) is 15.8. The van der Waals surface area contributed by atoms with Crippen molar-refractivity contribution in [1.29, 1.82) is 0 Å². The molecule has 3 aromatic rings. The Kier molecular flexibility index (Phi) is 5.62. The van der Waals surface area contributed by atoms with Crippen LogP contribution in [0.1, 0.15) is 12.0 Å². The molecule has 1 atom stereocenters. The molecule has 2 aromatic carbocycles. The van der Waals surface area contributed by atoms with E-state index in [2.05, 4.69) is 10.4 Å². The van der Waals surface area contributed by atoms with Crippen LogP contribution in [0, 0.1) is 5.92 Å². The summed E-state index contributed by atoms with van der Waals surface area (Å²) in [6, 6.07) is 18.4. The van der Waals surface area contributed by atoms with E-state index in [1.807, 2.05) is 41.3 Å². The molecule has 6 nitrogen and oxygen atoms in total. The maximum absolute atomic E-state index is 12.6. The number of rotatable bonds is 5. The summed E-state index contributed by atoms with van der Waals surface area (Å²) >= 11 is 5.97. The first kappa shape index (κ1) is 19.2. The van der Waals surface area contributed by atoms with Gasteiger partial charge in [0.25, 0.3) is 5.56 Å². The molecule has 0 radical (unpaired) electrons. The molecular formula is C22H21ClN4O2. The van der Waals surface area contributed by atoms with Gasteiger partial charge >= 0.3 is 0 Å². The Bertz CT molecular complexity index is 1070. The van der Waals surface area contributed by atoms with Crippen molar-refractivity contribution in [3.8, 4) is 0 Å². The molecule has 1 aromatic heterocycles. The summed E-state index contributed by atoms with van der Waals surface area (Å²) in [7, 11) is 0. The average molecular weight is 409 g/mol. The number of carbonyl (C=O) groups excluding carboxylic acids is 1. The first-order chi connectivity index (χ1) is 14.1. The highest BCUT2D eigenvalue weighted by Crippen LogP contribution is 2.24. The van der Waals surface area contributed by atoms with Crippen LogP contribution in [0.5, 0.6) is 0 Å². The fraction of sp³-hybridized carbons (Fsp3) is 0.227. The second kappa shape index (κ2) is 8.49. The number of aromatic nitrogens is 2. The molecule has 1 fully saturated rings. The predicted molar refractivity (Wildman–Crippen MR) is 114 cm³/mol. The lowest BCUT2D eigenvalue weighted by molar-refractivity contribution is -0.119.